The van der Waals surface area contributed by atoms with E-state index in [1.54, 1.807) is 0 Å². The van der Waals surface area contributed by atoms with Crippen molar-refractivity contribution in [1.82, 2.24) is 5.32 Å². The first-order valence-corrected chi connectivity index (χ1v) is 4.19. The van der Waals surface area contributed by atoms with Crippen LogP contribution in [0.25, 0.3) is 0 Å². The van der Waals surface area contributed by atoms with Gasteiger partial charge in [-0.2, -0.15) is 0 Å². The molecular formula is C8H18ClNO. The van der Waals surface area contributed by atoms with Gasteiger partial charge in [0.05, 0.1) is 0 Å². The summed E-state index contributed by atoms with van der Waals surface area (Å²) in [6, 6.07) is 0. The highest BCUT2D eigenvalue weighted by molar-refractivity contribution is 5.85. The molecule has 0 aliphatic carbocycles. The summed E-state index contributed by atoms with van der Waals surface area (Å²) in [5, 5.41) is 12.2. The largest absolute Gasteiger partial charge is 0.396 e. The smallest absolute Gasteiger partial charge is 0.0448 e. The van der Waals surface area contributed by atoms with Crippen molar-refractivity contribution in [3.63, 3.8) is 0 Å². The summed E-state index contributed by atoms with van der Waals surface area (Å²) >= 11 is 0. The van der Waals surface area contributed by atoms with Crippen LogP contribution in [0, 0.1) is 0 Å². The Morgan fingerprint density at radius 3 is 2.64 bits per heavy atom. The molecule has 1 rings (SSSR count). The Balaban J connectivity index is 0.000001000. The van der Waals surface area contributed by atoms with Crippen LogP contribution in [0.2, 0.25) is 0 Å². The van der Waals surface area contributed by atoms with E-state index in [4.69, 9.17) is 5.11 Å². The molecule has 1 saturated heterocycles. The molecule has 0 spiro atoms. The van der Waals surface area contributed by atoms with E-state index in [0.717, 1.165) is 19.4 Å². The average Bonchev–Trinajstić information content (AvgIpc) is 2.39. The van der Waals surface area contributed by atoms with Gasteiger partial charge in [-0.15, -0.1) is 12.4 Å². The van der Waals surface area contributed by atoms with Gasteiger partial charge in [0.15, 0.2) is 0 Å². The van der Waals surface area contributed by atoms with Crippen molar-refractivity contribution in [3.05, 3.63) is 0 Å². The van der Waals surface area contributed by atoms with Crippen molar-refractivity contribution in [1.29, 1.82) is 0 Å². The highest BCUT2D eigenvalue weighted by Crippen LogP contribution is 2.25. The van der Waals surface area contributed by atoms with Gasteiger partial charge in [0.2, 0.25) is 0 Å². The molecule has 0 aromatic heterocycles. The first kappa shape index (κ1) is 11.2. The summed E-state index contributed by atoms with van der Waals surface area (Å²) in [6.45, 7) is 3.64. The van der Waals surface area contributed by atoms with E-state index in [9.17, 15) is 0 Å². The topological polar surface area (TPSA) is 32.3 Å². The lowest BCUT2D eigenvalue weighted by molar-refractivity contribution is 0.219. The van der Waals surface area contributed by atoms with E-state index in [0.29, 0.717) is 6.61 Å². The summed E-state index contributed by atoms with van der Waals surface area (Å²) in [5.74, 6) is 0. The van der Waals surface area contributed by atoms with Crippen LogP contribution in [0.5, 0.6) is 0 Å². The number of hydrogen-bond acceptors (Lipinski definition) is 2. The monoisotopic (exact) mass is 179 g/mol. The Kier molecular flexibility index (Phi) is 5.06. The Bertz CT molecular complexity index is 102. The molecular weight excluding hydrogens is 162 g/mol. The number of aliphatic hydroxyl groups is 1. The lowest BCUT2D eigenvalue weighted by Gasteiger charge is -2.26. The van der Waals surface area contributed by atoms with Gasteiger partial charge in [0, 0.05) is 12.1 Å². The minimum atomic E-state index is 0. The van der Waals surface area contributed by atoms with Crippen LogP contribution in [0.3, 0.4) is 0 Å². The van der Waals surface area contributed by atoms with Gasteiger partial charge in [-0.05, 0) is 32.2 Å². The van der Waals surface area contributed by atoms with E-state index in [-0.39, 0.29) is 17.9 Å². The van der Waals surface area contributed by atoms with Gasteiger partial charge in [0.25, 0.3) is 0 Å². The second-order valence-electron chi connectivity index (χ2n) is 3.14. The van der Waals surface area contributed by atoms with Crippen LogP contribution < -0.4 is 5.32 Å². The van der Waals surface area contributed by atoms with Crippen LogP contribution in [-0.4, -0.2) is 23.8 Å². The third kappa shape index (κ3) is 2.62. The number of halogens is 1. The Labute approximate surface area is 74.8 Å². The maximum Gasteiger partial charge on any atom is 0.0448 e. The minimum Gasteiger partial charge on any atom is -0.396 e. The van der Waals surface area contributed by atoms with E-state index < -0.39 is 0 Å². The number of aliphatic hydroxyl groups excluding tert-OH is 1. The maximum absolute atomic E-state index is 8.78. The van der Waals surface area contributed by atoms with Gasteiger partial charge >= 0.3 is 0 Å². The molecule has 1 aliphatic rings. The van der Waals surface area contributed by atoms with Crippen LogP contribution in [0.15, 0.2) is 0 Å². The number of rotatable bonds is 3. The highest BCUT2D eigenvalue weighted by Gasteiger charge is 2.30. The molecule has 0 saturated carbocycles. The summed E-state index contributed by atoms with van der Waals surface area (Å²) in [7, 11) is 0. The second-order valence-corrected chi connectivity index (χ2v) is 3.14. The van der Waals surface area contributed by atoms with E-state index in [1.807, 2.05) is 0 Å². The standard InChI is InChI=1S/C8H17NO.ClH/c1-2-8(5-7-10)4-3-6-9-8;/h9-10H,2-7H2,1H3;1H. The molecule has 68 valence electrons. The van der Waals surface area contributed by atoms with Crippen LogP contribution in [0.4, 0.5) is 0 Å². The summed E-state index contributed by atoms with van der Waals surface area (Å²) in [4.78, 5) is 0. The molecule has 1 aliphatic heterocycles. The lowest BCUT2D eigenvalue weighted by Crippen LogP contribution is -2.39. The van der Waals surface area contributed by atoms with Gasteiger partial charge in [-0.1, -0.05) is 6.92 Å². The van der Waals surface area contributed by atoms with Crippen LogP contribution >= 0.6 is 12.4 Å². The molecule has 1 atom stereocenters. The molecule has 0 amide bonds. The second kappa shape index (κ2) is 4.96. The van der Waals surface area contributed by atoms with Crippen molar-refractivity contribution >= 4 is 12.4 Å². The molecule has 0 bridgehead atoms. The number of nitrogens with one attached hydrogen (secondary N) is 1. The minimum absolute atomic E-state index is 0. The molecule has 0 aromatic rings. The first-order valence-electron chi connectivity index (χ1n) is 4.19. The molecule has 11 heavy (non-hydrogen) atoms. The molecule has 2 N–H and O–H groups in total. The van der Waals surface area contributed by atoms with Gasteiger partial charge in [-0.25, -0.2) is 0 Å². The predicted molar refractivity (Wildman–Crippen MR) is 49.2 cm³/mol. The van der Waals surface area contributed by atoms with Crippen LogP contribution in [0.1, 0.15) is 32.6 Å². The molecule has 0 aromatic carbocycles. The summed E-state index contributed by atoms with van der Waals surface area (Å²) in [6.07, 6.45) is 4.58. The molecule has 1 heterocycles. The normalized spacial score (nSPS) is 30.0. The lowest BCUT2D eigenvalue weighted by atomic mass is 9.91. The van der Waals surface area contributed by atoms with E-state index in [1.165, 1.54) is 12.8 Å². The van der Waals surface area contributed by atoms with Gasteiger partial charge in [-0.3, -0.25) is 0 Å². The molecule has 3 heteroatoms. The fourth-order valence-corrected chi connectivity index (χ4v) is 1.77. The Hall–Kier alpha value is 0.210. The molecule has 1 unspecified atom stereocenters. The quantitative estimate of drug-likeness (QED) is 0.685. The fourth-order valence-electron chi connectivity index (χ4n) is 1.77. The van der Waals surface area contributed by atoms with Crippen molar-refractivity contribution < 1.29 is 5.11 Å². The zero-order chi connectivity index (χ0) is 7.45. The molecule has 1 fully saturated rings. The Morgan fingerprint density at radius 2 is 2.27 bits per heavy atom. The van der Waals surface area contributed by atoms with Crippen molar-refractivity contribution in [3.8, 4) is 0 Å². The summed E-state index contributed by atoms with van der Waals surface area (Å²) in [5.41, 5.74) is 0.286. The fraction of sp³-hybridized carbons (Fsp3) is 1.00. The van der Waals surface area contributed by atoms with Gasteiger partial charge < -0.3 is 10.4 Å². The molecule has 2 nitrogen and oxygen atoms in total. The van der Waals surface area contributed by atoms with Crippen molar-refractivity contribution in [2.24, 2.45) is 0 Å². The average molecular weight is 180 g/mol. The van der Waals surface area contributed by atoms with Crippen molar-refractivity contribution in [2.75, 3.05) is 13.2 Å². The zero-order valence-electron chi connectivity index (χ0n) is 7.10. The summed E-state index contributed by atoms with van der Waals surface area (Å²) < 4.78 is 0. The first-order chi connectivity index (χ1) is 4.83. The van der Waals surface area contributed by atoms with Crippen LogP contribution in [-0.2, 0) is 0 Å². The zero-order valence-corrected chi connectivity index (χ0v) is 7.91. The molecule has 0 radical (unpaired) electrons. The third-order valence-electron chi connectivity index (χ3n) is 2.60. The highest BCUT2D eigenvalue weighted by atomic mass is 35.5. The van der Waals surface area contributed by atoms with Gasteiger partial charge in [0.1, 0.15) is 0 Å². The maximum atomic E-state index is 8.78. The van der Waals surface area contributed by atoms with E-state index >= 15 is 0 Å². The SMILES string of the molecule is CCC1(CCO)CCCN1.Cl. The third-order valence-corrected chi connectivity index (χ3v) is 2.60. The predicted octanol–water partition coefficient (Wildman–Crippen LogP) is 1.32. The van der Waals surface area contributed by atoms with Crippen molar-refractivity contribution in [2.45, 2.75) is 38.1 Å². The Morgan fingerprint density at radius 1 is 1.55 bits per heavy atom. The number of hydrogen-bond donors (Lipinski definition) is 2. The van der Waals surface area contributed by atoms with E-state index in [2.05, 4.69) is 12.2 Å².